The minimum Gasteiger partial charge on any atom is -0.456 e. The summed E-state index contributed by atoms with van der Waals surface area (Å²) in [5.41, 5.74) is 10.2. The lowest BCUT2D eigenvalue weighted by molar-refractivity contribution is 0.669. The summed E-state index contributed by atoms with van der Waals surface area (Å²) in [5.74, 6) is 1.45. The van der Waals surface area contributed by atoms with Gasteiger partial charge < -0.3 is 14.3 Å². The van der Waals surface area contributed by atoms with Crippen LogP contribution < -0.4 is 5.32 Å². The first-order valence-electron chi connectivity index (χ1n) is 20.6. The van der Waals surface area contributed by atoms with Crippen LogP contribution in [0.5, 0.6) is 0 Å². The number of nitrogens with zero attached hydrogens (tertiary/aromatic N) is 3. The molecule has 0 aliphatic carbocycles. The van der Waals surface area contributed by atoms with Crippen molar-refractivity contribution in [2.45, 2.75) is 6.17 Å². The second-order valence-electron chi connectivity index (χ2n) is 15.8. The zero-order valence-corrected chi connectivity index (χ0v) is 33.5. The Hall–Kier alpha value is -7.80. The molecule has 6 heteroatoms. The molecule has 1 N–H and O–H groups in total. The number of thiophene rings is 1. The molecular formula is C55H34N4OS. The summed E-state index contributed by atoms with van der Waals surface area (Å²) in [7, 11) is 0. The van der Waals surface area contributed by atoms with E-state index in [1.165, 1.54) is 41.7 Å². The average molecular weight is 799 g/mol. The molecule has 1 unspecified atom stereocenters. The Morgan fingerprint density at radius 3 is 2.13 bits per heavy atom. The van der Waals surface area contributed by atoms with Crippen molar-refractivity contribution in [1.82, 2.24) is 9.88 Å². The highest BCUT2D eigenvalue weighted by atomic mass is 32.1. The third-order valence-electron chi connectivity index (χ3n) is 12.2. The Bertz CT molecular complexity index is 3810. The van der Waals surface area contributed by atoms with Gasteiger partial charge in [0.2, 0.25) is 0 Å². The Morgan fingerprint density at radius 1 is 0.492 bits per heavy atom. The molecule has 0 saturated carbocycles. The largest absolute Gasteiger partial charge is 0.456 e. The standard InChI is InChI=1S/C55H34N4OS/c1-2-13-33(14-3-1)53-56-54(36-25-27-40-39-18-8-11-24-50(39)61-51(40)31-36)58-55(57-53)42-28-26-37(32-44(42)41-20-12-23-49-52(41)43-19-7-10-22-48(43)60-49)59-46-21-9-6-17-38(46)45-29-34-15-4-5-16-35(34)30-47(45)59/h1-32,53H,(H,56,57,58). The molecule has 1 aliphatic rings. The number of benzene rings is 9. The van der Waals surface area contributed by atoms with E-state index in [-0.39, 0.29) is 6.17 Å². The van der Waals surface area contributed by atoms with Gasteiger partial charge in [-0.3, -0.25) is 0 Å². The van der Waals surface area contributed by atoms with Gasteiger partial charge in [-0.05, 0) is 88.1 Å². The summed E-state index contributed by atoms with van der Waals surface area (Å²) in [6, 6.07) is 69.2. The van der Waals surface area contributed by atoms with E-state index in [9.17, 15) is 0 Å². The molecule has 0 saturated heterocycles. The lowest BCUT2D eigenvalue weighted by Crippen LogP contribution is -2.33. The lowest BCUT2D eigenvalue weighted by atomic mass is 9.93. The van der Waals surface area contributed by atoms with Gasteiger partial charge >= 0.3 is 0 Å². The minimum atomic E-state index is -0.356. The number of aliphatic imine (C=N–C) groups is 2. The minimum absolute atomic E-state index is 0.356. The van der Waals surface area contributed by atoms with E-state index in [0.717, 1.165) is 72.3 Å². The first-order valence-corrected chi connectivity index (χ1v) is 21.4. The first kappa shape index (κ1) is 34.1. The Labute approximate surface area is 354 Å². The molecule has 286 valence electrons. The van der Waals surface area contributed by atoms with Crippen LogP contribution in [0.1, 0.15) is 22.9 Å². The van der Waals surface area contributed by atoms with Crippen molar-refractivity contribution in [2.75, 3.05) is 0 Å². The molecule has 0 spiro atoms. The number of para-hydroxylation sites is 2. The predicted octanol–water partition coefficient (Wildman–Crippen LogP) is 14.4. The molecule has 0 amide bonds. The van der Waals surface area contributed by atoms with E-state index in [1.807, 2.05) is 29.5 Å². The predicted molar refractivity (Wildman–Crippen MR) is 256 cm³/mol. The van der Waals surface area contributed by atoms with E-state index < -0.39 is 0 Å². The smallest absolute Gasteiger partial charge is 0.160 e. The summed E-state index contributed by atoms with van der Waals surface area (Å²) in [5, 5.41) is 13.3. The number of furan rings is 1. The van der Waals surface area contributed by atoms with Gasteiger partial charge in [0.1, 0.15) is 23.2 Å². The fourth-order valence-corrected chi connectivity index (χ4v) is 10.6. The quantitative estimate of drug-likeness (QED) is 0.189. The van der Waals surface area contributed by atoms with Gasteiger partial charge in [0, 0.05) is 58.5 Å². The Morgan fingerprint density at radius 2 is 1.23 bits per heavy atom. The molecule has 0 radical (unpaired) electrons. The third kappa shape index (κ3) is 5.39. The van der Waals surface area contributed by atoms with Crippen molar-refractivity contribution in [3.05, 3.63) is 211 Å². The molecule has 61 heavy (non-hydrogen) atoms. The van der Waals surface area contributed by atoms with Crippen molar-refractivity contribution in [2.24, 2.45) is 9.98 Å². The summed E-state index contributed by atoms with van der Waals surface area (Å²) in [4.78, 5) is 10.9. The van der Waals surface area contributed by atoms with Crippen molar-refractivity contribution in [1.29, 1.82) is 0 Å². The molecule has 9 aromatic carbocycles. The molecule has 0 bridgehead atoms. The highest BCUT2D eigenvalue weighted by Crippen LogP contribution is 2.42. The zero-order chi connectivity index (χ0) is 40.0. The third-order valence-corrected chi connectivity index (χ3v) is 13.4. The van der Waals surface area contributed by atoms with E-state index >= 15 is 0 Å². The summed E-state index contributed by atoms with van der Waals surface area (Å²) in [6.07, 6.45) is -0.356. The number of hydrogen-bond donors (Lipinski definition) is 1. The Kier molecular flexibility index (Phi) is 7.47. The highest BCUT2D eigenvalue weighted by Gasteiger charge is 2.25. The van der Waals surface area contributed by atoms with Crippen LogP contribution in [-0.4, -0.2) is 16.2 Å². The van der Waals surface area contributed by atoms with Crippen LogP contribution in [0.25, 0.3) is 91.5 Å². The van der Waals surface area contributed by atoms with Crippen molar-refractivity contribution in [3.63, 3.8) is 0 Å². The maximum atomic E-state index is 6.49. The molecule has 13 rings (SSSR count). The van der Waals surface area contributed by atoms with Gasteiger partial charge in [-0.2, -0.15) is 0 Å². The lowest BCUT2D eigenvalue weighted by Gasteiger charge is -2.25. The topological polar surface area (TPSA) is 54.8 Å². The maximum absolute atomic E-state index is 6.49. The van der Waals surface area contributed by atoms with Gasteiger partial charge in [-0.1, -0.05) is 133 Å². The molecular weight excluding hydrogens is 765 g/mol. The number of nitrogens with one attached hydrogen (secondary N) is 1. The molecule has 1 atom stereocenters. The number of amidine groups is 2. The number of fused-ring (bicyclic) bond motifs is 10. The van der Waals surface area contributed by atoms with E-state index in [0.29, 0.717) is 5.84 Å². The second-order valence-corrected chi connectivity index (χ2v) is 16.8. The number of rotatable bonds is 5. The van der Waals surface area contributed by atoms with Gasteiger partial charge in [0.25, 0.3) is 0 Å². The van der Waals surface area contributed by atoms with Crippen LogP contribution in [0, 0.1) is 0 Å². The summed E-state index contributed by atoms with van der Waals surface area (Å²) in [6.45, 7) is 0. The normalized spacial score (nSPS) is 14.4. The molecule has 5 nitrogen and oxygen atoms in total. The molecule has 3 aromatic heterocycles. The Balaban J connectivity index is 1.08. The average Bonchev–Trinajstić information content (AvgIpc) is 4.00. The van der Waals surface area contributed by atoms with Gasteiger partial charge in [0.05, 0.1) is 11.0 Å². The molecule has 12 aromatic rings. The maximum Gasteiger partial charge on any atom is 0.160 e. The second kappa shape index (κ2) is 13.4. The van der Waals surface area contributed by atoms with Crippen LogP contribution in [0.2, 0.25) is 0 Å². The SMILES string of the molecule is c1ccc(C2N=C(c3ccc(-n4c5ccccc5c5cc6ccccc6cc54)cc3-c3cccc4oc5ccccc5c34)N=C(c3ccc4c(c3)sc3ccccc34)N2)cc1. The van der Waals surface area contributed by atoms with Crippen molar-refractivity contribution < 1.29 is 4.42 Å². The van der Waals surface area contributed by atoms with Crippen LogP contribution in [-0.2, 0) is 0 Å². The van der Waals surface area contributed by atoms with Crippen molar-refractivity contribution in [3.8, 4) is 16.8 Å². The van der Waals surface area contributed by atoms with Crippen LogP contribution >= 0.6 is 11.3 Å². The highest BCUT2D eigenvalue weighted by molar-refractivity contribution is 7.25. The molecule has 1 aliphatic heterocycles. The fraction of sp³-hybridized carbons (Fsp3) is 0.0182. The molecule has 4 heterocycles. The fourth-order valence-electron chi connectivity index (χ4n) is 9.42. The zero-order valence-electron chi connectivity index (χ0n) is 32.7. The summed E-state index contributed by atoms with van der Waals surface area (Å²) >= 11 is 1.81. The van der Waals surface area contributed by atoms with Crippen LogP contribution in [0.15, 0.2) is 209 Å². The monoisotopic (exact) mass is 798 g/mol. The van der Waals surface area contributed by atoms with Crippen LogP contribution in [0.3, 0.4) is 0 Å². The van der Waals surface area contributed by atoms with Gasteiger partial charge in [-0.25, -0.2) is 9.98 Å². The van der Waals surface area contributed by atoms with E-state index in [1.54, 1.807) is 0 Å². The van der Waals surface area contributed by atoms with Gasteiger partial charge in [0.15, 0.2) is 5.84 Å². The van der Waals surface area contributed by atoms with E-state index in [4.69, 9.17) is 14.4 Å². The first-order chi connectivity index (χ1) is 30.2. The van der Waals surface area contributed by atoms with Crippen LogP contribution in [0.4, 0.5) is 0 Å². The number of hydrogen-bond acceptors (Lipinski definition) is 5. The van der Waals surface area contributed by atoms with Crippen molar-refractivity contribution >= 4 is 97.7 Å². The van der Waals surface area contributed by atoms with Gasteiger partial charge in [-0.15, -0.1) is 11.3 Å². The molecule has 0 fully saturated rings. The number of aromatic nitrogens is 1. The summed E-state index contributed by atoms with van der Waals surface area (Å²) < 4.78 is 11.4. The van der Waals surface area contributed by atoms with E-state index in [2.05, 4.69) is 186 Å².